The van der Waals surface area contributed by atoms with E-state index in [4.69, 9.17) is 11.6 Å². The van der Waals surface area contributed by atoms with Crippen molar-refractivity contribution in [2.24, 2.45) is 0 Å². The van der Waals surface area contributed by atoms with E-state index in [0.29, 0.717) is 5.02 Å². The normalized spacial score (nSPS) is 14.0. The number of anilines is 1. The molecule has 0 fully saturated rings. The molecular weight excluding hydrogens is 316 g/mol. The van der Waals surface area contributed by atoms with E-state index in [1.54, 1.807) is 11.8 Å². The van der Waals surface area contributed by atoms with Crippen molar-refractivity contribution < 1.29 is 0 Å². The first-order valence-electron chi connectivity index (χ1n) is 6.94. The Hall–Kier alpha value is -1.98. The lowest BCUT2D eigenvalue weighted by atomic mass is 10.2. The SMILES string of the molecule is Clc1ccccc1-c1nnc2n1CN(c1ccccc1)CS2. The van der Waals surface area contributed by atoms with Crippen molar-refractivity contribution in [3.8, 4) is 11.4 Å². The number of thioether (sulfide) groups is 1. The summed E-state index contributed by atoms with van der Waals surface area (Å²) in [5, 5.41) is 10.3. The molecule has 0 unspecified atom stereocenters. The maximum absolute atomic E-state index is 6.31. The predicted molar refractivity (Wildman–Crippen MR) is 90.1 cm³/mol. The molecule has 0 atom stereocenters. The van der Waals surface area contributed by atoms with Gasteiger partial charge >= 0.3 is 0 Å². The molecule has 4 rings (SSSR count). The highest BCUT2D eigenvalue weighted by Gasteiger charge is 2.23. The molecule has 3 aromatic rings. The summed E-state index contributed by atoms with van der Waals surface area (Å²) in [6, 6.07) is 18.1. The summed E-state index contributed by atoms with van der Waals surface area (Å²) in [6.45, 7) is 0.722. The van der Waals surface area contributed by atoms with Crippen LogP contribution in [0.3, 0.4) is 0 Å². The fourth-order valence-corrected chi connectivity index (χ4v) is 3.63. The molecule has 0 aliphatic carbocycles. The van der Waals surface area contributed by atoms with Crippen LogP contribution in [0.5, 0.6) is 0 Å². The van der Waals surface area contributed by atoms with Crippen molar-refractivity contribution in [1.29, 1.82) is 0 Å². The number of hydrogen-bond donors (Lipinski definition) is 0. The monoisotopic (exact) mass is 328 g/mol. The van der Waals surface area contributed by atoms with Crippen molar-refractivity contribution in [2.45, 2.75) is 11.8 Å². The van der Waals surface area contributed by atoms with E-state index in [9.17, 15) is 0 Å². The smallest absolute Gasteiger partial charge is 0.194 e. The van der Waals surface area contributed by atoms with E-state index < -0.39 is 0 Å². The van der Waals surface area contributed by atoms with Crippen LogP contribution in [0, 0.1) is 0 Å². The molecule has 22 heavy (non-hydrogen) atoms. The van der Waals surface area contributed by atoms with Gasteiger partial charge in [0.1, 0.15) is 0 Å². The van der Waals surface area contributed by atoms with Gasteiger partial charge in [0.2, 0.25) is 0 Å². The average Bonchev–Trinajstić information content (AvgIpc) is 2.99. The Morgan fingerprint density at radius 2 is 1.73 bits per heavy atom. The van der Waals surface area contributed by atoms with Crippen LogP contribution >= 0.6 is 23.4 Å². The van der Waals surface area contributed by atoms with Crippen molar-refractivity contribution >= 4 is 29.1 Å². The number of benzene rings is 2. The van der Waals surface area contributed by atoms with Gasteiger partial charge in [0, 0.05) is 11.3 Å². The maximum Gasteiger partial charge on any atom is 0.194 e. The van der Waals surface area contributed by atoms with E-state index in [1.807, 2.05) is 30.3 Å². The van der Waals surface area contributed by atoms with Gasteiger partial charge in [-0.25, -0.2) is 0 Å². The van der Waals surface area contributed by atoms with Crippen LogP contribution in [-0.2, 0) is 6.67 Å². The summed E-state index contributed by atoms with van der Waals surface area (Å²) in [4.78, 5) is 2.29. The summed E-state index contributed by atoms with van der Waals surface area (Å²) in [5.41, 5.74) is 2.11. The van der Waals surface area contributed by atoms with Gasteiger partial charge in [0.15, 0.2) is 11.0 Å². The van der Waals surface area contributed by atoms with Crippen LogP contribution in [-0.4, -0.2) is 20.6 Å². The first-order valence-corrected chi connectivity index (χ1v) is 8.30. The summed E-state index contributed by atoms with van der Waals surface area (Å²) < 4.78 is 2.11. The van der Waals surface area contributed by atoms with Gasteiger partial charge < -0.3 is 4.90 Å². The van der Waals surface area contributed by atoms with E-state index in [-0.39, 0.29) is 0 Å². The number of aromatic nitrogens is 3. The molecule has 1 aliphatic rings. The van der Waals surface area contributed by atoms with E-state index in [2.05, 4.69) is 43.9 Å². The number of halogens is 1. The lowest BCUT2D eigenvalue weighted by Gasteiger charge is -2.29. The van der Waals surface area contributed by atoms with Crippen LogP contribution < -0.4 is 4.90 Å². The highest BCUT2D eigenvalue weighted by Crippen LogP contribution is 2.33. The molecule has 4 nitrogen and oxygen atoms in total. The second-order valence-corrected chi connectivity index (χ2v) is 6.32. The standard InChI is InChI=1S/C16H13ClN4S/c17-14-9-5-4-8-13(14)15-18-19-16-21(15)10-20(11-22-16)12-6-2-1-3-7-12/h1-9H,10-11H2. The summed E-state index contributed by atoms with van der Waals surface area (Å²) in [5.74, 6) is 1.68. The minimum atomic E-state index is 0.694. The molecule has 110 valence electrons. The van der Waals surface area contributed by atoms with Gasteiger partial charge in [-0.05, 0) is 24.3 Å². The third-order valence-electron chi connectivity index (χ3n) is 3.61. The summed E-state index contributed by atoms with van der Waals surface area (Å²) in [6.07, 6.45) is 0. The predicted octanol–water partition coefficient (Wildman–Crippen LogP) is 4.13. The zero-order valence-electron chi connectivity index (χ0n) is 11.7. The highest BCUT2D eigenvalue weighted by molar-refractivity contribution is 7.99. The lowest BCUT2D eigenvalue weighted by Crippen LogP contribution is -2.30. The highest BCUT2D eigenvalue weighted by atomic mass is 35.5. The zero-order valence-corrected chi connectivity index (χ0v) is 13.3. The maximum atomic E-state index is 6.31. The fourth-order valence-electron chi connectivity index (χ4n) is 2.51. The Morgan fingerprint density at radius 1 is 0.955 bits per heavy atom. The number of nitrogens with zero attached hydrogens (tertiary/aromatic N) is 4. The molecular formula is C16H13ClN4S. The molecule has 0 amide bonds. The van der Waals surface area contributed by atoms with E-state index >= 15 is 0 Å². The molecule has 2 heterocycles. The van der Waals surface area contributed by atoms with E-state index in [0.717, 1.165) is 29.1 Å². The van der Waals surface area contributed by atoms with Crippen LogP contribution in [0.15, 0.2) is 59.8 Å². The number of rotatable bonds is 2. The second kappa shape index (κ2) is 5.66. The summed E-state index contributed by atoms with van der Waals surface area (Å²) >= 11 is 8.00. The topological polar surface area (TPSA) is 34.0 Å². The van der Waals surface area contributed by atoms with Crippen molar-refractivity contribution in [3.05, 3.63) is 59.6 Å². The fraction of sp³-hybridized carbons (Fsp3) is 0.125. The van der Waals surface area contributed by atoms with Crippen molar-refractivity contribution in [1.82, 2.24) is 14.8 Å². The van der Waals surface area contributed by atoms with Crippen molar-refractivity contribution in [2.75, 3.05) is 10.8 Å². The second-order valence-electron chi connectivity index (χ2n) is 5.00. The summed E-state index contributed by atoms with van der Waals surface area (Å²) in [7, 11) is 0. The number of fused-ring (bicyclic) bond motifs is 1. The molecule has 1 aromatic heterocycles. The van der Waals surface area contributed by atoms with Gasteiger partial charge in [0.25, 0.3) is 0 Å². The van der Waals surface area contributed by atoms with Gasteiger partial charge in [-0.3, -0.25) is 4.57 Å². The van der Waals surface area contributed by atoms with Gasteiger partial charge in [-0.2, -0.15) is 0 Å². The van der Waals surface area contributed by atoms with Crippen LogP contribution in [0.2, 0.25) is 5.02 Å². The van der Waals surface area contributed by atoms with Gasteiger partial charge in [-0.15, -0.1) is 10.2 Å². The quantitative estimate of drug-likeness (QED) is 0.708. The molecule has 1 aliphatic heterocycles. The minimum Gasteiger partial charge on any atom is -0.344 e. The number of hydrogen-bond acceptors (Lipinski definition) is 4. The Kier molecular flexibility index (Phi) is 3.52. The largest absolute Gasteiger partial charge is 0.344 e. The third-order valence-corrected chi connectivity index (χ3v) is 4.95. The third kappa shape index (κ3) is 2.36. The molecule has 0 saturated carbocycles. The molecule has 0 spiro atoms. The Labute approximate surface area is 137 Å². The molecule has 0 N–H and O–H groups in total. The lowest BCUT2D eigenvalue weighted by molar-refractivity contribution is 0.608. The molecule has 0 radical (unpaired) electrons. The van der Waals surface area contributed by atoms with Gasteiger partial charge in [-0.1, -0.05) is 53.7 Å². The van der Waals surface area contributed by atoms with Crippen LogP contribution in [0.4, 0.5) is 5.69 Å². The molecule has 0 bridgehead atoms. The first kappa shape index (κ1) is 13.7. The van der Waals surface area contributed by atoms with Crippen LogP contribution in [0.1, 0.15) is 0 Å². The van der Waals surface area contributed by atoms with E-state index in [1.165, 1.54) is 5.69 Å². The average molecular weight is 329 g/mol. The van der Waals surface area contributed by atoms with Gasteiger partial charge in [0.05, 0.1) is 17.6 Å². The van der Waals surface area contributed by atoms with Crippen molar-refractivity contribution in [3.63, 3.8) is 0 Å². The first-order chi connectivity index (χ1) is 10.8. The Morgan fingerprint density at radius 3 is 2.55 bits per heavy atom. The minimum absolute atomic E-state index is 0.694. The molecule has 6 heteroatoms. The molecule has 2 aromatic carbocycles. The Bertz CT molecular complexity index is 803. The number of para-hydroxylation sites is 1. The van der Waals surface area contributed by atoms with Crippen LogP contribution in [0.25, 0.3) is 11.4 Å². The Balaban J connectivity index is 1.73. The zero-order chi connectivity index (χ0) is 14.9. The molecule has 0 saturated heterocycles.